The number of hydrogen-bond donors (Lipinski definition) is 1. The van der Waals surface area contributed by atoms with Crippen LogP contribution in [0.4, 0.5) is 4.39 Å². The first-order valence-corrected chi connectivity index (χ1v) is 9.90. The highest BCUT2D eigenvalue weighted by Gasteiger charge is 2.31. The molecule has 0 spiro atoms. The lowest BCUT2D eigenvalue weighted by molar-refractivity contribution is -0.137. The highest BCUT2D eigenvalue weighted by molar-refractivity contribution is 5.77. The highest BCUT2D eigenvalue weighted by atomic mass is 19.1. The Labute approximate surface area is 166 Å². The molecule has 0 radical (unpaired) electrons. The lowest BCUT2D eigenvalue weighted by Crippen LogP contribution is -2.57. The van der Waals surface area contributed by atoms with Gasteiger partial charge in [-0.3, -0.25) is 9.69 Å². The number of piperazine rings is 1. The molecule has 0 bridgehead atoms. The summed E-state index contributed by atoms with van der Waals surface area (Å²) in [6.07, 6.45) is 0.938. The fraction of sp³-hybridized carbons (Fsp3) is 0.435. The number of rotatable bonds is 5. The number of phenolic OH excluding ortho intramolecular Hbond substituents is 1. The third-order valence-electron chi connectivity index (χ3n) is 5.58. The van der Waals surface area contributed by atoms with Crippen LogP contribution in [-0.2, 0) is 17.8 Å². The molecule has 0 aromatic heterocycles. The van der Waals surface area contributed by atoms with E-state index in [4.69, 9.17) is 0 Å². The van der Waals surface area contributed by atoms with Gasteiger partial charge in [0, 0.05) is 38.1 Å². The smallest absolute Gasteiger partial charge is 0.223 e. The Bertz CT molecular complexity index is 822. The van der Waals surface area contributed by atoms with Crippen molar-refractivity contribution in [2.24, 2.45) is 0 Å². The Morgan fingerprint density at radius 1 is 1.11 bits per heavy atom. The molecule has 2 atom stereocenters. The molecule has 2 unspecified atom stereocenters. The van der Waals surface area contributed by atoms with Crippen molar-refractivity contribution in [3.8, 4) is 5.75 Å². The Morgan fingerprint density at radius 3 is 2.50 bits per heavy atom. The summed E-state index contributed by atoms with van der Waals surface area (Å²) in [6.45, 7) is 8.36. The van der Waals surface area contributed by atoms with Crippen LogP contribution < -0.4 is 0 Å². The second kappa shape index (κ2) is 8.74. The molecule has 4 nitrogen and oxygen atoms in total. The molecule has 2 aromatic carbocycles. The van der Waals surface area contributed by atoms with E-state index in [9.17, 15) is 14.3 Å². The lowest BCUT2D eigenvalue weighted by Gasteiger charge is -2.44. The van der Waals surface area contributed by atoms with E-state index >= 15 is 0 Å². The van der Waals surface area contributed by atoms with Gasteiger partial charge in [-0.25, -0.2) is 4.39 Å². The second-order valence-corrected chi connectivity index (χ2v) is 7.93. The van der Waals surface area contributed by atoms with E-state index in [0.717, 1.165) is 29.8 Å². The Balaban J connectivity index is 1.57. The Morgan fingerprint density at radius 2 is 1.82 bits per heavy atom. The molecule has 1 fully saturated rings. The van der Waals surface area contributed by atoms with Crippen LogP contribution in [0.1, 0.15) is 37.0 Å². The summed E-state index contributed by atoms with van der Waals surface area (Å²) in [7, 11) is 0. The molecule has 1 saturated heterocycles. The van der Waals surface area contributed by atoms with Gasteiger partial charge >= 0.3 is 0 Å². The Kier molecular flexibility index (Phi) is 6.35. The molecule has 5 heteroatoms. The van der Waals surface area contributed by atoms with Gasteiger partial charge in [-0.15, -0.1) is 0 Å². The van der Waals surface area contributed by atoms with Crippen LogP contribution in [-0.4, -0.2) is 46.0 Å². The monoisotopic (exact) mass is 384 g/mol. The molecule has 1 aliphatic heterocycles. The molecule has 28 heavy (non-hydrogen) atoms. The van der Waals surface area contributed by atoms with Crippen molar-refractivity contribution in [2.45, 2.75) is 52.2 Å². The van der Waals surface area contributed by atoms with Crippen molar-refractivity contribution in [3.05, 3.63) is 65.0 Å². The SMILES string of the molecule is Cc1ccc(CCC(=O)N2CC(C)N(Cc3ccc(F)cc3)CC2C)c(O)c1. The summed E-state index contributed by atoms with van der Waals surface area (Å²) in [4.78, 5) is 17.1. The van der Waals surface area contributed by atoms with E-state index in [-0.39, 0.29) is 29.6 Å². The van der Waals surface area contributed by atoms with E-state index in [0.29, 0.717) is 19.4 Å². The van der Waals surface area contributed by atoms with E-state index in [1.807, 2.05) is 36.1 Å². The molecule has 0 aliphatic carbocycles. The van der Waals surface area contributed by atoms with E-state index in [1.54, 1.807) is 6.07 Å². The van der Waals surface area contributed by atoms with Gasteiger partial charge in [0.25, 0.3) is 0 Å². The van der Waals surface area contributed by atoms with Crippen LogP contribution in [0, 0.1) is 12.7 Å². The summed E-state index contributed by atoms with van der Waals surface area (Å²) in [5.74, 6) is 0.166. The summed E-state index contributed by atoms with van der Waals surface area (Å²) in [5.41, 5.74) is 2.90. The van der Waals surface area contributed by atoms with Gasteiger partial charge in [-0.2, -0.15) is 0 Å². The van der Waals surface area contributed by atoms with Gasteiger partial charge in [0.1, 0.15) is 11.6 Å². The predicted molar refractivity (Wildman–Crippen MR) is 109 cm³/mol. The maximum absolute atomic E-state index is 13.1. The first-order chi connectivity index (χ1) is 13.3. The number of amides is 1. The fourth-order valence-electron chi connectivity index (χ4n) is 3.86. The number of aromatic hydroxyl groups is 1. The van der Waals surface area contributed by atoms with E-state index < -0.39 is 0 Å². The molecule has 3 rings (SSSR count). The normalized spacial score (nSPS) is 20.4. The summed E-state index contributed by atoms with van der Waals surface area (Å²) in [6, 6.07) is 12.6. The third-order valence-corrected chi connectivity index (χ3v) is 5.58. The first-order valence-electron chi connectivity index (χ1n) is 9.90. The van der Waals surface area contributed by atoms with Gasteiger partial charge in [-0.1, -0.05) is 24.3 Å². The number of aryl methyl sites for hydroxylation is 2. The molecule has 1 amide bonds. The van der Waals surface area contributed by atoms with Crippen molar-refractivity contribution in [1.29, 1.82) is 0 Å². The standard InChI is InChI=1S/C23H29FN2O2/c1-16-4-7-20(22(27)12-16)8-11-23(28)26-14-17(2)25(13-18(26)3)15-19-5-9-21(24)10-6-19/h4-7,9-10,12,17-18,27H,8,11,13-15H2,1-3H3. The van der Waals surface area contributed by atoms with Crippen LogP contribution in [0.15, 0.2) is 42.5 Å². The summed E-state index contributed by atoms with van der Waals surface area (Å²) >= 11 is 0. The van der Waals surface area contributed by atoms with Crippen LogP contribution in [0.25, 0.3) is 0 Å². The van der Waals surface area contributed by atoms with Crippen molar-refractivity contribution in [3.63, 3.8) is 0 Å². The van der Waals surface area contributed by atoms with Crippen LogP contribution in [0.5, 0.6) is 5.75 Å². The number of carbonyl (C=O) groups is 1. The molecule has 1 heterocycles. The zero-order valence-corrected chi connectivity index (χ0v) is 16.9. The van der Waals surface area contributed by atoms with Crippen molar-refractivity contribution < 1.29 is 14.3 Å². The molecular formula is C23H29FN2O2. The van der Waals surface area contributed by atoms with Crippen molar-refractivity contribution in [1.82, 2.24) is 9.80 Å². The summed E-state index contributed by atoms with van der Waals surface area (Å²) < 4.78 is 13.1. The number of benzene rings is 2. The molecule has 0 saturated carbocycles. The minimum absolute atomic E-state index is 0.121. The van der Waals surface area contributed by atoms with Crippen molar-refractivity contribution >= 4 is 5.91 Å². The van der Waals surface area contributed by atoms with Crippen LogP contribution in [0.3, 0.4) is 0 Å². The number of halogens is 1. The Hall–Kier alpha value is -2.40. The van der Waals surface area contributed by atoms with Gasteiger partial charge < -0.3 is 10.0 Å². The average molecular weight is 384 g/mol. The minimum Gasteiger partial charge on any atom is -0.508 e. The van der Waals surface area contributed by atoms with Crippen LogP contribution in [0.2, 0.25) is 0 Å². The number of phenols is 1. The predicted octanol–water partition coefficient (Wildman–Crippen LogP) is 3.89. The highest BCUT2D eigenvalue weighted by Crippen LogP contribution is 2.22. The molecule has 150 valence electrons. The lowest BCUT2D eigenvalue weighted by atomic mass is 10.0. The van der Waals surface area contributed by atoms with Gasteiger partial charge in [0.05, 0.1) is 0 Å². The molecule has 1 aliphatic rings. The minimum atomic E-state index is -0.222. The molecular weight excluding hydrogens is 355 g/mol. The molecule has 2 aromatic rings. The first kappa shape index (κ1) is 20.3. The quantitative estimate of drug-likeness (QED) is 0.850. The van der Waals surface area contributed by atoms with Gasteiger partial charge in [-0.05, 0) is 62.1 Å². The fourth-order valence-corrected chi connectivity index (χ4v) is 3.86. The van der Waals surface area contributed by atoms with Gasteiger partial charge in [0.15, 0.2) is 0 Å². The van der Waals surface area contributed by atoms with Crippen LogP contribution >= 0.6 is 0 Å². The maximum atomic E-state index is 13.1. The zero-order valence-electron chi connectivity index (χ0n) is 16.9. The number of carbonyl (C=O) groups excluding carboxylic acids is 1. The topological polar surface area (TPSA) is 43.8 Å². The van der Waals surface area contributed by atoms with Crippen molar-refractivity contribution in [2.75, 3.05) is 13.1 Å². The zero-order chi connectivity index (χ0) is 20.3. The summed E-state index contributed by atoms with van der Waals surface area (Å²) in [5, 5.41) is 10.0. The van der Waals surface area contributed by atoms with Gasteiger partial charge in [0.2, 0.25) is 5.91 Å². The molecule has 1 N–H and O–H groups in total. The van der Waals surface area contributed by atoms with E-state index in [2.05, 4.69) is 18.7 Å². The van der Waals surface area contributed by atoms with E-state index in [1.165, 1.54) is 12.1 Å². The third kappa shape index (κ3) is 4.90. The maximum Gasteiger partial charge on any atom is 0.223 e. The largest absolute Gasteiger partial charge is 0.508 e. The average Bonchev–Trinajstić information content (AvgIpc) is 2.65. The number of nitrogens with zero attached hydrogens (tertiary/aromatic N) is 2. The number of hydrogen-bond acceptors (Lipinski definition) is 3. The second-order valence-electron chi connectivity index (χ2n) is 7.93.